The van der Waals surface area contributed by atoms with Gasteiger partial charge in [0.2, 0.25) is 0 Å². The lowest BCUT2D eigenvalue weighted by atomic mass is 9.92. The van der Waals surface area contributed by atoms with Gasteiger partial charge >= 0.3 is 6.36 Å². The number of rotatable bonds is 8. The number of nitrogens with one attached hydrogen (secondary N) is 1. The number of methoxy groups -OCH3 is 1. The number of halogens is 3. The van der Waals surface area contributed by atoms with Gasteiger partial charge in [-0.2, -0.15) is 0 Å². The number of ether oxygens (including phenoxy) is 3. The lowest BCUT2D eigenvalue weighted by molar-refractivity contribution is -0.274. The lowest BCUT2D eigenvalue weighted by Crippen LogP contribution is -2.37. The second kappa shape index (κ2) is 12.0. The van der Waals surface area contributed by atoms with Crippen molar-refractivity contribution in [3.63, 3.8) is 0 Å². The molecule has 0 saturated heterocycles. The van der Waals surface area contributed by atoms with Crippen molar-refractivity contribution in [1.82, 2.24) is 5.32 Å². The van der Waals surface area contributed by atoms with Crippen molar-refractivity contribution in [3.8, 4) is 11.5 Å². The third kappa shape index (κ3) is 9.30. The molecular formula is C19H31F3N2O3. The van der Waals surface area contributed by atoms with Crippen LogP contribution in [0.5, 0.6) is 11.5 Å². The fourth-order valence-corrected chi connectivity index (χ4v) is 2.84. The van der Waals surface area contributed by atoms with Crippen molar-refractivity contribution in [2.75, 3.05) is 20.3 Å². The highest BCUT2D eigenvalue weighted by atomic mass is 19.4. The molecule has 27 heavy (non-hydrogen) atoms. The molecule has 0 amide bonds. The Labute approximate surface area is 159 Å². The van der Waals surface area contributed by atoms with Gasteiger partial charge in [0, 0.05) is 31.3 Å². The minimum atomic E-state index is -4.72. The van der Waals surface area contributed by atoms with E-state index in [0.717, 1.165) is 25.7 Å². The summed E-state index contributed by atoms with van der Waals surface area (Å²) in [6.45, 7) is 5.12. The van der Waals surface area contributed by atoms with E-state index >= 15 is 0 Å². The molecule has 1 aromatic carbocycles. The summed E-state index contributed by atoms with van der Waals surface area (Å²) in [5.74, 6) is 0.264. The first-order valence-corrected chi connectivity index (χ1v) is 9.37. The minimum Gasteiger partial charge on any atom is -0.491 e. The van der Waals surface area contributed by atoms with E-state index in [0.29, 0.717) is 37.1 Å². The Morgan fingerprint density at radius 2 is 1.78 bits per heavy atom. The van der Waals surface area contributed by atoms with Crippen molar-refractivity contribution in [2.24, 2.45) is 5.73 Å². The second-order valence-electron chi connectivity index (χ2n) is 6.15. The van der Waals surface area contributed by atoms with E-state index in [2.05, 4.69) is 10.1 Å². The quantitative estimate of drug-likeness (QED) is 0.655. The van der Waals surface area contributed by atoms with E-state index in [9.17, 15) is 13.2 Å². The van der Waals surface area contributed by atoms with Crippen LogP contribution in [0.4, 0.5) is 13.2 Å². The van der Waals surface area contributed by atoms with Crippen LogP contribution < -0.4 is 20.5 Å². The van der Waals surface area contributed by atoms with Gasteiger partial charge in [-0.15, -0.1) is 13.2 Å². The van der Waals surface area contributed by atoms with Crippen LogP contribution in [-0.4, -0.2) is 38.8 Å². The van der Waals surface area contributed by atoms with Gasteiger partial charge in [0.15, 0.2) is 0 Å². The summed E-state index contributed by atoms with van der Waals surface area (Å²) in [5, 5.41) is 3.38. The fourth-order valence-electron chi connectivity index (χ4n) is 2.84. The maximum Gasteiger partial charge on any atom is 0.573 e. The number of alkyl halides is 3. The molecule has 1 aromatic rings. The Morgan fingerprint density at radius 3 is 2.37 bits per heavy atom. The van der Waals surface area contributed by atoms with Crippen molar-refractivity contribution < 1.29 is 27.4 Å². The first-order chi connectivity index (χ1) is 12.9. The molecule has 0 unspecified atom stereocenters. The lowest BCUT2D eigenvalue weighted by Gasteiger charge is -2.27. The zero-order chi connectivity index (χ0) is 20.3. The van der Waals surface area contributed by atoms with E-state index in [1.165, 1.54) is 18.2 Å². The Hall–Kier alpha value is -1.51. The van der Waals surface area contributed by atoms with E-state index < -0.39 is 6.36 Å². The zero-order valence-corrected chi connectivity index (χ0v) is 16.3. The number of nitrogens with two attached hydrogens (primary N) is 1. The van der Waals surface area contributed by atoms with Crippen molar-refractivity contribution >= 4 is 0 Å². The standard InChI is InChI=1S/C17H25F3N2O3.C2H6/c1-23-8-9-24-16-7-6-15(25-17(18,19)20)10-12(16)11-22-14-4-2-13(21)3-5-14;1-2/h6-7,10,13-14,22H,2-5,8-9,11,21H2,1H3;1-2H3. The molecule has 0 aromatic heterocycles. The maximum absolute atomic E-state index is 12.4. The molecule has 1 aliphatic rings. The van der Waals surface area contributed by atoms with Crippen LogP contribution in [0.2, 0.25) is 0 Å². The third-order valence-electron chi connectivity index (χ3n) is 4.16. The molecule has 0 heterocycles. The van der Waals surface area contributed by atoms with Gasteiger partial charge in [0.1, 0.15) is 18.1 Å². The van der Waals surface area contributed by atoms with Crippen LogP contribution in [0.25, 0.3) is 0 Å². The molecule has 3 N–H and O–H groups in total. The van der Waals surface area contributed by atoms with E-state index in [-0.39, 0.29) is 11.8 Å². The van der Waals surface area contributed by atoms with Crippen LogP contribution in [-0.2, 0) is 11.3 Å². The zero-order valence-electron chi connectivity index (χ0n) is 16.3. The SMILES string of the molecule is CC.COCCOc1ccc(OC(F)(F)F)cc1CNC1CCC(N)CC1. The van der Waals surface area contributed by atoms with Crippen molar-refractivity contribution in [1.29, 1.82) is 0 Å². The Bertz CT molecular complexity index is 533. The second-order valence-corrected chi connectivity index (χ2v) is 6.15. The Kier molecular flexibility index (Phi) is 10.5. The average molecular weight is 392 g/mol. The first-order valence-electron chi connectivity index (χ1n) is 9.37. The van der Waals surface area contributed by atoms with Gasteiger partial charge in [-0.1, -0.05) is 13.8 Å². The van der Waals surface area contributed by atoms with Crippen LogP contribution in [0, 0.1) is 0 Å². The van der Waals surface area contributed by atoms with Crippen LogP contribution in [0.15, 0.2) is 18.2 Å². The van der Waals surface area contributed by atoms with Gasteiger partial charge in [0.25, 0.3) is 0 Å². The van der Waals surface area contributed by atoms with Crippen LogP contribution in [0.3, 0.4) is 0 Å². The van der Waals surface area contributed by atoms with E-state index in [4.69, 9.17) is 15.2 Å². The predicted molar refractivity (Wildman–Crippen MR) is 98.9 cm³/mol. The van der Waals surface area contributed by atoms with Gasteiger partial charge in [-0.3, -0.25) is 0 Å². The molecule has 8 heteroatoms. The number of hydrogen-bond donors (Lipinski definition) is 2. The van der Waals surface area contributed by atoms with Gasteiger partial charge in [-0.05, 0) is 43.9 Å². The molecule has 1 fully saturated rings. The summed E-state index contributed by atoms with van der Waals surface area (Å²) < 4.78 is 51.8. The highest BCUT2D eigenvalue weighted by molar-refractivity contribution is 5.40. The normalized spacial score (nSPS) is 19.8. The summed E-state index contributed by atoms with van der Waals surface area (Å²) in [6.07, 6.45) is -0.902. The smallest absolute Gasteiger partial charge is 0.491 e. The molecule has 0 bridgehead atoms. The van der Waals surface area contributed by atoms with Crippen molar-refractivity contribution in [3.05, 3.63) is 23.8 Å². The summed E-state index contributed by atoms with van der Waals surface area (Å²) in [4.78, 5) is 0. The molecule has 5 nitrogen and oxygen atoms in total. The average Bonchev–Trinajstić information content (AvgIpc) is 2.63. The monoisotopic (exact) mass is 392 g/mol. The number of benzene rings is 1. The van der Waals surface area contributed by atoms with E-state index in [1.54, 1.807) is 7.11 Å². The van der Waals surface area contributed by atoms with Gasteiger partial charge < -0.3 is 25.3 Å². The largest absolute Gasteiger partial charge is 0.573 e. The first kappa shape index (κ1) is 23.5. The molecule has 0 spiro atoms. The number of hydrogen-bond acceptors (Lipinski definition) is 5. The Morgan fingerprint density at radius 1 is 1.11 bits per heavy atom. The summed E-state index contributed by atoms with van der Waals surface area (Å²) in [7, 11) is 1.56. The predicted octanol–water partition coefficient (Wildman–Crippen LogP) is 4.00. The maximum atomic E-state index is 12.4. The topological polar surface area (TPSA) is 65.7 Å². The summed E-state index contributed by atoms with van der Waals surface area (Å²) >= 11 is 0. The Balaban J connectivity index is 0.00000176. The molecule has 2 rings (SSSR count). The third-order valence-corrected chi connectivity index (χ3v) is 4.16. The molecule has 1 aliphatic carbocycles. The van der Waals surface area contributed by atoms with Gasteiger partial charge in [-0.25, -0.2) is 0 Å². The highest BCUT2D eigenvalue weighted by Crippen LogP contribution is 2.29. The van der Waals surface area contributed by atoms with Crippen molar-refractivity contribution in [2.45, 2.75) is 64.5 Å². The molecule has 0 atom stereocenters. The van der Waals surface area contributed by atoms with E-state index in [1.807, 2.05) is 13.8 Å². The fraction of sp³-hybridized carbons (Fsp3) is 0.684. The van der Waals surface area contributed by atoms with Crippen LogP contribution in [0.1, 0.15) is 45.1 Å². The summed E-state index contributed by atoms with van der Waals surface area (Å²) in [6, 6.07) is 4.65. The minimum absolute atomic E-state index is 0.245. The molecule has 0 aliphatic heterocycles. The van der Waals surface area contributed by atoms with Gasteiger partial charge in [0.05, 0.1) is 6.61 Å². The molecule has 0 radical (unpaired) electrons. The molecule has 156 valence electrons. The highest BCUT2D eigenvalue weighted by Gasteiger charge is 2.31. The van der Waals surface area contributed by atoms with Crippen LogP contribution >= 0.6 is 0 Å². The summed E-state index contributed by atoms with van der Waals surface area (Å²) in [5.41, 5.74) is 6.51. The molecule has 1 saturated carbocycles. The molecular weight excluding hydrogens is 361 g/mol.